The van der Waals surface area contributed by atoms with Crippen LogP contribution in [-0.4, -0.2) is 44.8 Å². The number of carbonyl (C=O) groups is 1. The molecule has 27 heavy (non-hydrogen) atoms. The Balaban J connectivity index is 1.60. The number of hydrogen-bond acceptors (Lipinski definition) is 5. The first kappa shape index (κ1) is 18.9. The topological polar surface area (TPSA) is 57.2 Å². The summed E-state index contributed by atoms with van der Waals surface area (Å²) in [4.78, 5) is 14.4. The van der Waals surface area contributed by atoms with Crippen LogP contribution in [0, 0.1) is 0 Å². The molecule has 3 rings (SSSR count). The fraction of sp³-hybridized carbons (Fsp3) is 0.381. The number of benzene rings is 2. The molecule has 0 aliphatic carbocycles. The largest absolute Gasteiger partial charge is 0.494 e. The molecule has 2 aromatic carbocycles. The molecular formula is C21H25NO5. The first-order valence-corrected chi connectivity index (χ1v) is 9.01. The van der Waals surface area contributed by atoms with E-state index < -0.39 is 0 Å². The molecule has 0 aromatic heterocycles. The molecular weight excluding hydrogens is 346 g/mol. The minimum Gasteiger partial charge on any atom is -0.494 e. The molecule has 1 aliphatic heterocycles. The Bertz CT molecular complexity index is 788. The Labute approximate surface area is 159 Å². The van der Waals surface area contributed by atoms with E-state index >= 15 is 0 Å². The third-order valence-corrected chi connectivity index (χ3v) is 4.57. The van der Waals surface area contributed by atoms with Crippen molar-refractivity contribution in [3.05, 3.63) is 47.5 Å². The van der Waals surface area contributed by atoms with Crippen LogP contribution in [-0.2, 0) is 17.8 Å². The zero-order chi connectivity index (χ0) is 19.2. The third-order valence-electron chi connectivity index (χ3n) is 4.57. The number of carbonyl (C=O) groups excluding carboxylic acids is 1. The van der Waals surface area contributed by atoms with Gasteiger partial charge in [0.1, 0.15) is 11.5 Å². The van der Waals surface area contributed by atoms with Crippen LogP contribution in [0.4, 0.5) is 0 Å². The lowest BCUT2D eigenvalue weighted by atomic mass is 9.99. The van der Waals surface area contributed by atoms with E-state index in [-0.39, 0.29) is 12.5 Å². The lowest BCUT2D eigenvalue weighted by Crippen LogP contribution is -2.38. The van der Waals surface area contributed by atoms with Gasteiger partial charge in [-0.3, -0.25) is 4.79 Å². The maximum absolute atomic E-state index is 12.5. The van der Waals surface area contributed by atoms with Crippen molar-refractivity contribution in [2.75, 3.05) is 34.0 Å². The van der Waals surface area contributed by atoms with Gasteiger partial charge >= 0.3 is 0 Å². The summed E-state index contributed by atoms with van der Waals surface area (Å²) in [5, 5.41) is 0. The van der Waals surface area contributed by atoms with Crippen molar-refractivity contribution in [1.82, 2.24) is 4.90 Å². The van der Waals surface area contributed by atoms with Crippen LogP contribution in [0.25, 0.3) is 0 Å². The molecule has 0 fully saturated rings. The second kappa shape index (κ2) is 8.66. The molecule has 0 unspecified atom stereocenters. The molecule has 0 atom stereocenters. The van der Waals surface area contributed by atoms with E-state index in [9.17, 15) is 4.79 Å². The number of amides is 1. The lowest BCUT2D eigenvalue weighted by molar-refractivity contribution is -0.134. The summed E-state index contributed by atoms with van der Waals surface area (Å²) >= 11 is 0. The molecule has 0 saturated carbocycles. The van der Waals surface area contributed by atoms with Gasteiger partial charge in [-0.05, 0) is 60.9 Å². The van der Waals surface area contributed by atoms with Crippen molar-refractivity contribution in [2.45, 2.75) is 19.9 Å². The molecule has 0 spiro atoms. The summed E-state index contributed by atoms with van der Waals surface area (Å²) in [5.74, 6) is 2.79. The van der Waals surface area contributed by atoms with Crippen molar-refractivity contribution >= 4 is 5.91 Å². The van der Waals surface area contributed by atoms with Gasteiger partial charge in [0.2, 0.25) is 0 Å². The summed E-state index contributed by atoms with van der Waals surface area (Å²) in [6.45, 7) is 3.77. The van der Waals surface area contributed by atoms with Gasteiger partial charge in [0, 0.05) is 13.1 Å². The van der Waals surface area contributed by atoms with Crippen LogP contribution in [0.15, 0.2) is 36.4 Å². The normalized spacial score (nSPS) is 12.9. The van der Waals surface area contributed by atoms with E-state index in [0.29, 0.717) is 31.2 Å². The van der Waals surface area contributed by atoms with Gasteiger partial charge in [0.05, 0.1) is 20.8 Å². The fourth-order valence-electron chi connectivity index (χ4n) is 3.13. The zero-order valence-electron chi connectivity index (χ0n) is 16.0. The Kier molecular flexibility index (Phi) is 6.06. The van der Waals surface area contributed by atoms with Crippen LogP contribution in [0.5, 0.6) is 23.0 Å². The second-order valence-electron chi connectivity index (χ2n) is 6.23. The summed E-state index contributed by atoms with van der Waals surface area (Å²) in [6.07, 6.45) is 0.782. The first-order valence-electron chi connectivity index (χ1n) is 9.01. The Morgan fingerprint density at radius 3 is 2.15 bits per heavy atom. The minimum atomic E-state index is -0.0377. The number of ether oxygens (including phenoxy) is 4. The van der Waals surface area contributed by atoms with Crippen molar-refractivity contribution < 1.29 is 23.7 Å². The van der Waals surface area contributed by atoms with Crippen LogP contribution in [0.2, 0.25) is 0 Å². The highest BCUT2D eigenvalue weighted by Gasteiger charge is 2.23. The SMILES string of the molecule is CCOc1ccc(OCC(=O)N2CCc3cc(OC)c(OC)cc3C2)cc1. The minimum absolute atomic E-state index is 0.0105. The van der Waals surface area contributed by atoms with E-state index in [1.54, 1.807) is 26.4 Å². The van der Waals surface area contributed by atoms with Crippen molar-refractivity contribution in [1.29, 1.82) is 0 Å². The molecule has 6 heteroatoms. The number of fused-ring (bicyclic) bond motifs is 1. The zero-order valence-corrected chi connectivity index (χ0v) is 16.0. The molecule has 1 heterocycles. The smallest absolute Gasteiger partial charge is 0.260 e. The van der Waals surface area contributed by atoms with E-state index in [2.05, 4.69) is 0 Å². The summed E-state index contributed by atoms with van der Waals surface area (Å²) in [5.41, 5.74) is 2.26. The van der Waals surface area contributed by atoms with Gasteiger partial charge in [0.15, 0.2) is 18.1 Å². The molecule has 0 bridgehead atoms. The fourth-order valence-corrected chi connectivity index (χ4v) is 3.13. The number of rotatable bonds is 7. The predicted molar refractivity (Wildman–Crippen MR) is 102 cm³/mol. The Hall–Kier alpha value is -2.89. The van der Waals surface area contributed by atoms with E-state index in [0.717, 1.165) is 23.5 Å². The van der Waals surface area contributed by atoms with Crippen molar-refractivity contribution in [3.63, 3.8) is 0 Å². The molecule has 0 radical (unpaired) electrons. The maximum Gasteiger partial charge on any atom is 0.260 e. The third kappa shape index (κ3) is 4.45. The molecule has 144 valence electrons. The van der Waals surface area contributed by atoms with Crippen LogP contribution in [0.3, 0.4) is 0 Å². The van der Waals surface area contributed by atoms with Gasteiger partial charge in [-0.15, -0.1) is 0 Å². The maximum atomic E-state index is 12.5. The average Bonchev–Trinajstić information content (AvgIpc) is 2.71. The molecule has 2 aromatic rings. The van der Waals surface area contributed by atoms with E-state index in [1.165, 1.54) is 5.56 Å². The van der Waals surface area contributed by atoms with Gasteiger partial charge in [-0.2, -0.15) is 0 Å². The molecule has 1 aliphatic rings. The number of nitrogens with zero attached hydrogens (tertiary/aromatic N) is 1. The molecule has 1 amide bonds. The monoisotopic (exact) mass is 371 g/mol. The van der Waals surface area contributed by atoms with Crippen LogP contribution >= 0.6 is 0 Å². The predicted octanol–water partition coefficient (Wildman–Crippen LogP) is 3.07. The lowest BCUT2D eigenvalue weighted by Gasteiger charge is -2.29. The van der Waals surface area contributed by atoms with E-state index in [4.69, 9.17) is 18.9 Å². The number of methoxy groups -OCH3 is 2. The van der Waals surface area contributed by atoms with Gasteiger partial charge in [-0.1, -0.05) is 0 Å². The van der Waals surface area contributed by atoms with Crippen LogP contribution < -0.4 is 18.9 Å². The standard InChI is InChI=1S/C21H25NO5/c1-4-26-17-5-7-18(8-6-17)27-14-21(23)22-10-9-15-11-19(24-2)20(25-3)12-16(15)13-22/h5-8,11-12H,4,9-10,13-14H2,1-3H3. The quantitative estimate of drug-likeness (QED) is 0.749. The molecule has 0 N–H and O–H groups in total. The highest BCUT2D eigenvalue weighted by atomic mass is 16.5. The summed E-state index contributed by atoms with van der Waals surface area (Å²) < 4.78 is 21.8. The highest BCUT2D eigenvalue weighted by Crippen LogP contribution is 2.33. The Morgan fingerprint density at radius 2 is 1.56 bits per heavy atom. The van der Waals surface area contributed by atoms with Gasteiger partial charge in [-0.25, -0.2) is 0 Å². The van der Waals surface area contributed by atoms with E-state index in [1.807, 2.05) is 36.1 Å². The van der Waals surface area contributed by atoms with Crippen molar-refractivity contribution in [2.24, 2.45) is 0 Å². The van der Waals surface area contributed by atoms with Gasteiger partial charge < -0.3 is 23.8 Å². The number of hydrogen-bond donors (Lipinski definition) is 0. The molecule has 6 nitrogen and oxygen atoms in total. The molecule has 0 saturated heterocycles. The van der Waals surface area contributed by atoms with Gasteiger partial charge in [0.25, 0.3) is 5.91 Å². The highest BCUT2D eigenvalue weighted by molar-refractivity contribution is 5.78. The second-order valence-corrected chi connectivity index (χ2v) is 6.23. The summed E-state index contributed by atoms with van der Waals surface area (Å²) in [6, 6.07) is 11.2. The average molecular weight is 371 g/mol. The summed E-state index contributed by atoms with van der Waals surface area (Å²) in [7, 11) is 3.24. The van der Waals surface area contributed by atoms with Crippen molar-refractivity contribution in [3.8, 4) is 23.0 Å². The van der Waals surface area contributed by atoms with Crippen LogP contribution in [0.1, 0.15) is 18.1 Å². The first-order chi connectivity index (χ1) is 13.1. The Morgan fingerprint density at radius 1 is 0.963 bits per heavy atom.